The Labute approximate surface area is 140 Å². The number of halogens is 2. The summed E-state index contributed by atoms with van der Waals surface area (Å²) in [4.78, 5) is 25.7. The molecule has 0 atom stereocenters. The Hall–Kier alpha value is -3.17. The molecule has 128 valence electrons. The maximum Gasteiger partial charge on any atom is 0.277 e. The number of carbonyl (C=O) groups is 1. The Morgan fingerprint density at radius 2 is 2.12 bits per heavy atom. The third-order valence-corrected chi connectivity index (χ3v) is 3.90. The molecule has 3 aromatic rings. The van der Waals surface area contributed by atoms with Gasteiger partial charge in [-0.1, -0.05) is 0 Å². The van der Waals surface area contributed by atoms with Crippen LogP contribution in [0.1, 0.15) is 16.9 Å². The van der Waals surface area contributed by atoms with Crippen molar-refractivity contribution in [3.05, 3.63) is 42.6 Å². The van der Waals surface area contributed by atoms with Crippen LogP contribution in [0.15, 0.2) is 36.9 Å². The number of amides is 1. The molecule has 4 heterocycles. The summed E-state index contributed by atoms with van der Waals surface area (Å²) in [5, 5.41) is 6.91. The third kappa shape index (κ3) is 2.97. The Kier molecular flexibility index (Phi) is 3.52. The molecular formula is C15H13F2N7O. The predicted molar refractivity (Wildman–Crippen MR) is 84.7 cm³/mol. The van der Waals surface area contributed by atoms with E-state index in [1.807, 2.05) is 0 Å². The lowest BCUT2D eigenvalue weighted by Gasteiger charge is -2.17. The van der Waals surface area contributed by atoms with E-state index >= 15 is 0 Å². The molecule has 0 saturated carbocycles. The van der Waals surface area contributed by atoms with Crippen LogP contribution in [0.2, 0.25) is 0 Å². The second kappa shape index (κ2) is 5.72. The molecule has 0 aliphatic carbocycles. The Bertz CT molecular complexity index is 928. The molecule has 1 amide bonds. The minimum Gasteiger partial charge on any atom is -0.349 e. The number of nitrogens with zero attached hydrogens (tertiary/aromatic N) is 6. The molecule has 1 saturated heterocycles. The predicted octanol–water partition coefficient (Wildman–Crippen LogP) is 1.62. The zero-order valence-corrected chi connectivity index (χ0v) is 12.9. The molecular weight excluding hydrogens is 332 g/mol. The number of hydrogen-bond acceptors (Lipinski definition) is 6. The first-order valence-electron chi connectivity index (χ1n) is 7.57. The average molecular weight is 345 g/mol. The van der Waals surface area contributed by atoms with Gasteiger partial charge >= 0.3 is 0 Å². The van der Waals surface area contributed by atoms with E-state index < -0.39 is 11.8 Å². The van der Waals surface area contributed by atoms with E-state index in [1.165, 1.54) is 28.1 Å². The smallest absolute Gasteiger partial charge is 0.277 e. The molecule has 4 rings (SSSR count). The number of aromatic nitrogens is 5. The van der Waals surface area contributed by atoms with Gasteiger partial charge in [0.15, 0.2) is 11.3 Å². The summed E-state index contributed by atoms with van der Waals surface area (Å²) in [6, 6.07) is 4.81. The SMILES string of the molecule is O=C(Nc1ccncn1)c1cnc2ccc(N3CCC(F)(F)C3)nn12. The van der Waals surface area contributed by atoms with Crippen molar-refractivity contribution in [2.75, 3.05) is 23.3 Å². The molecule has 0 unspecified atom stereocenters. The van der Waals surface area contributed by atoms with Crippen molar-refractivity contribution in [1.82, 2.24) is 24.6 Å². The van der Waals surface area contributed by atoms with Crippen molar-refractivity contribution in [2.45, 2.75) is 12.3 Å². The van der Waals surface area contributed by atoms with E-state index in [1.54, 1.807) is 18.2 Å². The van der Waals surface area contributed by atoms with Crippen LogP contribution in [0.3, 0.4) is 0 Å². The summed E-state index contributed by atoms with van der Waals surface area (Å²) in [6.45, 7) is -0.175. The zero-order valence-electron chi connectivity index (χ0n) is 12.9. The van der Waals surface area contributed by atoms with Crippen LogP contribution in [0.5, 0.6) is 0 Å². The van der Waals surface area contributed by atoms with E-state index in [0.717, 1.165) is 0 Å². The van der Waals surface area contributed by atoms with Gasteiger partial charge in [-0.05, 0) is 18.2 Å². The average Bonchev–Trinajstić information content (AvgIpc) is 3.18. The molecule has 3 aromatic heterocycles. The standard InChI is InChI=1S/C15H13F2N7O/c16-15(17)4-6-23(8-15)13-2-1-12-19-7-10(24(12)22-13)14(25)21-11-3-5-18-9-20-11/h1-3,5,7,9H,4,6,8H2,(H,18,20,21,25). The summed E-state index contributed by atoms with van der Waals surface area (Å²) < 4.78 is 28.2. The van der Waals surface area contributed by atoms with E-state index in [2.05, 4.69) is 25.4 Å². The first-order valence-corrected chi connectivity index (χ1v) is 7.57. The van der Waals surface area contributed by atoms with E-state index in [0.29, 0.717) is 17.3 Å². The Morgan fingerprint density at radius 1 is 1.24 bits per heavy atom. The number of fused-ring (bicyclic) bond motifs is 1. The first-order chi connectivity index (χ1) is 12.0. The van der Waals surface area contributed by atoms with E-state index in [4.69, 9.17) is 0 Å². The highest BCUT2D eigenvalue weighted by Crippen LogP contribution is 2.29. The van der Waals surface area contributed by atoms with Gasteiger partial charge in [-0.15, -0.1) is 5.10 Å². The summed E-state index contributed by atoms with van der Waals surface area (Å²) in [6.07, 6.45) is 3.98. The lowest BCUT2D eigenvalue weighted by atomic mass is 10.3. The number of nitrogens with one attached hydrogen (secondary N) is 1. The van der Waals surface area contributed by atoms with Crippen LogP contribution in [0.25, 0.3) is 5.65 Å². The maximum atomic E-state index is 13.4. The van der Waals surface area contributed by atoms with Crippen molar-refractivity contribution in [3.63, 3.8) is 0 Å². The number of hydrogen-bond donors (Lipinski definition) is 1. The Balaban J connectivity index is 1.64. The minimum atomic E-state index is -2.72. The number of anilines is 2. The van der Waals surface area contributed by atoms with Gasteiger partial charge in [0.1, 0.15) is 18.0 Å². The molecule has 1 aliphatic rings. The Morgan fingerprint density at radius 3 is 2.84 bits per heavy atom. The molecule has 0 bridgehead atoms. The molecule has 0 aromatic carbocycles. The normalized spacial score (nSPS) is 16.3. The molecule has 8 nitrogen and oxygen atoms in total. The third-order valence-electron chi connectivity index (χ3n) is 3.90. The second-order valence-corrected chi connectivity index (χ2v) is 5.68. The van der Waals surface area contributed by atoms with Crippen LogP contribution in [0.4, 0.5) is 20.4 Å². The molecule has 1 fully saturated rings. The van der Waals surface area contributed by atoms with Crippen LogP contribution < -0.4 is 10.2 Å². The van der Waals surface area contributed by atoms with Crippen molar-refractivity contribution in [1.29, 1.82) is 0 Å². The number of carbonyl (C=O) groups excluding carboxylic acids is 1. The van der Waals surface area contributed by atoms with Crippen LogP contribution >= 0.6 is 0 Å². The molecule has 25 heavy (non-hydrogen) atoms. The summed E-state index contributed by atoms with van der Waals surface area (Å²) in [5.41, 5.74) is 0.629. The number of imidazole rings is 1. The monoisotopic (exact) mass is 345 g/mol. The second-order valence-electron chi connectivity index (χ2n) is 5.68. The largest absolute Gasteiger partial charge is 0.349 e. The topological polar surface area (TPSA) is 88.3 Å². The van der Waals surface area contributed by atoms with Gasteiger partial charge in [0, 0.05) is 19.2 Å². The fourth-order valence-electron chi connectivity index (χ4n) is 2.66. The van der Waals surface area contributed by atoms with Gasteiger partial charge < -0.3 is 10.2 Å². The molecule has 10 heteroatoms. The van der Waals surface area contributed by atoms with Crippen molar-refractivity contribution in [3.8, 4) is 0 Å². The zero-order chi connectivity index (χ0) is 17.4. The molecule has 0 radical (unpaired) electrons. The van der Waals surface area contributed by atoms with Gasteiger partial charge in [-0.25, -0.2) is 28.2 Å². The molecule has 1 aliphatic heterocycles. The fourth-order valence-corrected chi connectivity index (χ4v) is 2.66. The van der Waals surface area contributed by atoms with E-state index in [-0.39, 0.29) is 25.2 Å². The van der Waals surface area contributed by atoms with Crippen LogP contribution in [-0.4, -0.2) is 49.5 Å². The minimum absolute atomic E-state index is 0.182. The van der Waals surface area contributed by atoms with Gasteiger partial charge in [0.05, 0.1) is 12.7 Å². The van der Waals surface area contributed by atoms with Crippen LogP contribution in [-0.2, 0) is 0 Å². The van der Waals surface area contributed by atoms with Gasteiger partial charge in [-0.2, -0.15) is 0 Å². The quantitative estimate of drug-likeness (QED) is 0.776. The van der Waals surface area contributed by atoms with Crippen LogP contribution in [0, 0.1) is 0 Å². The van der Waals surface area contributed by atoms with Crippen molar-refractivity contribution < 1.29 is 13.6 Å². The molecule has 1 N–H and O–H groups in total. The number of alkyl halides is 2. The van der Waals surface area contributed by atoms with Gasteiger partial charge in [0.25, 0.3) is 11.8 Å². The highest BCUT2D eigenvalue weighted by molar-refractivity contribution is 6.02. The summed E-state index contributed by atoms with van der Waals surface area (Å²) in [5.74, 6) is -2.47. The van der Waals surface area contributed by atoms with Gasteiger partial charge in [-0.3, -0.25) is 4.79 Å². The van der Waals surface area contributed by atoms with Gasteiger partial charge in [0.2, 0.25) is 0 Å². The first kappa shape index (κ1) is 15.4. The maximum absolute atomic E-state index is 13.4. The fraction of sp³-hybridized carbons (Fsp3) is 0.267. The highest BCUT2D eigenvalue weighted by atomic mass is 19.3. The highest BCUT2D eigenvalue weighted by Gasteiger charge is 2.38. The molecule has 0 spiro atoms. The number of rotatable bonds is 3. The van der Waals surface area contributed by atoms with Crippen molar-refractivity contribution >= 4 is 23.2 Å². The van der Waals surface area contributed by atoms with E-state index in [9.17, 15) is 13.6 Å². The summed E-state index contributed by atoms with van der Waals surface area (Å²) in [7, 11) is 0. The summed E-state index contributed by atoms with van der Waals surface area (Å²) >= 11 is 0. The lowest BCUT2D eigenvalue weighted by Crippen LogP contribution is -2.26. The van der Waals surface area contributed by atoms with Crippen molar-refractivity contribution in [2.24, 2.45) is 0 Å². The lowest BCUT2D eigenvalue weighted by molar-refractivity contribution is 0.0256.